The van der Waals surface area contributed by atoms with Gasteiger partial charge in [0.15, 0.2) is 11.8 Å². The van der Waals surface area contributed by atoms with E-state index in [-0.39, 0.29) is 5.82 Å². The molecular weight excluding hydrogens is 397 g/mol. The highest BCUT2D eigenvalue weighted by atomic mass is 19.1. The van der Waals surface area contributed by atoms with E-state index in [0.717, 1.165) is 45.3 Å². The first-order valence-corrected chi connectivity index (χ1v) is 11.1. The van der Waals surface area contributed by atoms with Gasteiger partial charge in [0.05, 0.1) is 10.9 Å². The van der Waals surface area contributed by atoms with Crippen molar-refractivity contribution in [3.05, 3.63) is 89.9 Å². The largest absolute Gasteiger partial charge is 0.454 e. The number of fused-ring (bicyclic) bond motifs is 3. The highest BCUT2D eigenvalue weighted by Gasteiger charge is 2.24. The summed E-state index contributed by atoms with van der Waals surface area (Å²) in [6, 6.07) is 22.3. The molecule has 0 saturated carbocycles. The molecule has 32 heavy (non-hydrogen) atoms. The average molecular weight is 425 g/mol. The van der Waals surface area contributed by atoms with Gasteiger partial charge in [-0.1, -0.05) is 56.3 Å². The van der Waals surface area contributed by atoms with E-state index in [2.05, 4.69) is 44.2 Å². The maximum atomic E-state index is 15.2. The monoisotopic (exact) mass is 424 g/mol. The van der Waals surface area contributed by atoms with Crippen molar-refractivity contribution in [2.75, 3.05) is 0 Å². The molecule has 160 valence electrons. The third-order valence-corrected chi connectivity index (χ3v) is 6.14. The van der Waals surface area contributed by atoms with Gasteiger partial charge < -0.3 is 4.42 Å². The topological polar surface area (TPSA) is 17.0 Å². The fraction of sp³-hybridized carbons (Fsp3) is 0.207. The minimum Gasteiger partial charge on any atom is -0.454 e. The molecule has 3 aromatic carbocycles. The van der Waals surface area contributed by atoms with Crippen LogP contribution in [0.25, 0.3) is 44.3 Å². The van der Waals surface area contributed by atoms with E-state index < -0.39 is 0 Å². The molecule has 0 N–H and O–H groups in total. The lowest BCUT2D eigenvalue weighted by atomic mass is 9.97. The summed E-state index contributed by atoms with van der Waals surface area (Å²) in [5.41, 5.74) is 7.48. The van der Waals surface area contributed by atoms with Crippen LogP contribution in [0.15, 0.2) is 77.3 Å². The smallest absolute Gasteiger partial charge is 0.216 e. The van der Waals surface area contributed by atoms with E-state index in [9.17, 15) is 0 Å². The fourth-order valence-electron chi connectivity index (χ4n) is 4.67. The molecule has 0 aliphatic rings. The van der Waals surface area contributed by atoms with Crippen LogP contribution >= 0.6 is 0 Å². The quantitative estimate of drug-likeness (QED) is 0.275. The molecule has 5 rings (SSSR count). The maximum absolute atomic E-state index is 15.2. The van der Waals surface area contributed by atoms with Crippen LogP contribution in [-0.4, -0.2) is 0 Å². The van der Waals surface area contributed by atoms with E-state index in [1.807, 2.05) is 55.1 Å². The molecule has 0 aliphatic heterocycles. The number of hydrogen-bond acceptors (Lipinski definition) is 1. The predicted molar refractivity (Wildman–Crippen MR) is 129 cm³/mol. The molecule has 0 atom stereocenters. The van der Waals surface area contributed by atoms with Gasteiger partial charge >= 0.3 is 0 Å². The number of aromatic nitrogens is 1. The summed E-state index contributed by atoms with van der Waals surface area (Å²) < 4.78 is 23.8. The summed E-state index contributed by atoms with van der Waals surface area (Å²) in [6.07, 6.45) is 3.05. The van der Waals surface area contributed by atoms with E-state index >= 15 is 4.39 Å². The van der Waals surface area contributed by atoms with Gasteiger partial charge in [-0.15, -0.1) is 0 Å². The van der Waals surface area contributed by atoms with Crippen LogP contribution < -0.4 is 4.57 Å². The standard InChI is InChI=1S/C29H27FNO/c1-18(2)16-20-11-13-21(14-12-20)22-8-7-9-23-27-24(30)17-19(3)26(29(27)32-28(22)23)25-10-5-6-15-31(25)4/h5-15,17-18H,16H2,1-4H3/q+1. The van der Waals surface area contributed by atoms with Crippen molar-refractivity contribution in [3.8, 4) is 22.4 Å². The van der Waals surface area contributed by atoms with Crippen LogP contribution in [0.3, 0.4) is 0 Å². The minimum absolute atomic E-state index is 0.247. The molecule has 0 spiro atoms. The van der Waals surface area contributed by atoms with Crippen molar-refractivity contribution in [2.45, 2.75) is 27.2 Å². The number of nitrogens with zero attached hydrogens (tertiary/aromatic N) is 1. The van der Waals surface area contributed by atoms with Gasteiger partial charge in [0.1, 0.15) is 18.4 Å². The lowest BCUT2D eigenvalue weighted by molar-refractivity contribution is -0.660. The molecule has 2 aromatic heterocycles. The van der Waals surface area contributed by atoms with Crippen LogP contribution in [0.2, 0.25) is 0 Å². The molecule has 2 nitrogen and oxygen atoms in total. The summed E-state index contributed by atoms with van der Waals surface area (Å²) in [4.78, 5) is 0. The Balaban J connectivity index is 1.77. The van der Waals surface area contributed by atoms with Gasteiger partial charge in [-0.25, -0.2) is 8.96 Å². The second kappa shape index (κ2) is 7.90. The van der Waals surface area contributed by atoms with E-state index in [4.69, 9.17) is 4.42 Å². The second-order valence-corrected chi connectivity index (χ2v) is 9.03. The summed E-state index contributed by atoms with van der Waals surface area (Å²) in [6.45, 7) is 6.39. The number of benzene rings is 3. The average Bonchev–Trinajstić information content (AvgIpc) is 3.15. The van der Waals surface area contributed by atoms with E-state index in [1.54, 1.807) is 6.07 Å². The van der Waals surface area contributed by atoms with Crippen molar-refractivity contribution in [1.29, 1.82) is 0 Å². The summed E-state index contributed by atoms with van der Waals surface area (Å²) in [7, 11) is 2.00. The Morgan fingerprint density at radius 1 is 0.938 bits per heavy atom. The van der Waals surface area contributed by atoms with Gasteiger partial charge in [-0.3, -0.25) is 0 Å². The zero-order valence-electron chi connectivity index (χ0n) is 18.9. The Labute approximate surface area is 187 Å². The van der Waals surface area contributed by atoms with Crippen LogP contribution in [0.1, 0.15) is 25.0 Å². The number of pyridine rings is 1. The minimum atomic E-state index is -0.247. The fourth-order valence-corrected chi connectivity index (χ4v) is 4.67. The normalized spacial score (nSPS) is 11.7. The van der Waals surface area contributed by atoms with Gasteiger partial charge in [0, 0.05) is 23.1 Å². The lowest BCUT2D eigenvalue weighted by Crippen LogP contribution is -2.30. The number of rotatable bonds is 4. The van der Waals surface area contributed by atoms with Crippen molar-refractivity contribution >= 4 is 21.9 Å². The summed E-state index contributed by atoms with van der Waals surface area (Å²) in [5.74, 6) is 0.367. The molecule has 0 unspecified atom stereocenters. The van der Waals surface area contributed by atoms with Crippen LogP contribution in [-0.2, 0) is 13.5 Å². The number of para-hydroxylation sites is 1. The third kappa shape index (κ3) is 3.38. The number of aryl methyl sites for hydroxylation is 2. The molecular formula is C29H27FNO+. The maximum Gasteiger partial charge on any atom is 0.216 e. The van der Waals surface area contributed by atoms with Crippen LogP contribution in [0.4, 0.5) is 4.39 Å². The van der Waals surface area contributed by atoms with Crippen LogP contribution in [0, 0.1) is 18.7 Å². The van der Waals surface area contributed by atoms with Gasteiger partial charge in [0.2, 0.25) is 5.69 Å². The van der Waals surface area contributed by atoms with Crippen LogP contribution in [0.5, 0.6) is 0 Å². The highest BCUT2D eigenvalue weighted by molar-refractivity contribution is 6.13. The Morgan fingerprint density at radius 2 is 1.72 bits per heavy atom. The van der Waals surface area contributed by atoms with Gasteiger partial charge in [-0.2, -0.15) is 0 Å². The van der Waals surface area contributed by atoms with Crippen molar-refractivity contribution in [1.82, 2.24) is 0 Å². The molecule has 0 aliphatic carbocycles. The first-order valence-electron chi connectivity index (χ1n) is 11.1. The Bertz CT molecular complexity index is 1440. The van der Waals surface area contributed by atoms with Gasteiger partial charge in [0.25, 0.3) is 0 Å². The highest BCUT2D eigenvalue weighted by Crippen LogP contribution is 2.41. The molecule has 0 amide bonds. The molecule has 3 heteroatoms. The Hall–Kier alpha value is -3.46. The second-order valence-electron chi connectivity index (χ2n) is 9.03. The van der Waals surface area contributed by atoms with Crippen molar-refractivity contribution in [3.63, 3.8) is 0 Å². The third-order valence-electron chi connectivity index (χ3n) is 6.14. The van der Waals surface area contributed by atoms with E-state index in [1.165, 1.54) is 5.56 Å². The number of hydrogen-bond donors (Lipinski definition) is 0. The molecule has 0 radical (unpaired) electrons. The SMILES string of the molecule is Cc1cc(F)c2c(oc3c(-c4ccc(CC(C)C)cc4)cccc32)c1-c1cccc[n+]1C. The lowest BCUT2D eigenvalue weighted by Gasteiger charge is -2.07. The van der Waals surface area contributed by atoms with Crippen molar-refractivity contribution < 1.29 is 13.4 Å². The first-order chi connectivity index (χ1) is 15.4. The molecule has 0 fully saturated rings. The number of halogens is 1. The predicted octanol–water partition coefficient (Wildman–Crippen LogP) is 7.39. The molecule has 0 bridgehead atoms. The molecule has 0 saturated heterocycles. The van der Waals surface area contributed by atoms with Gasteiger partial charge in [-0.05, 0) is 48.1 Å². The Morgan fingerprint density at radius 3 is 2.44 bits per heavy atom. The molecule has 2 heterocycles. The summed E-state index contributed by atoms with van der Waals surface area (Å²) >= 11 is 0. The summed E-state index contributed by atoms with van der Waals surface area (Å²) in [5, 5.41) is 1.35. The number of furan rings is 1. The zero-order chi connectivity index (χ0) is 22.4. The molecule has 5 aromatic rings. The van der Waals surface area contributed by atoms with E-state index in [0.29, 0.717) is 16.9 Å². The van der Waals surface area contributed by atoms with Crippen molar-refractivity contribution in [2.24, 2.45) is 13.0 Å². The Kier molecular flexibility index (Phi) is 5.05. The zero-order valence-corrected chi connectivity index (χ0v) is 18.9. The first kappa shape index (κ1) is 20.4.